The monoisotopic (exact) mass is 142 g/mol. The first kappa shape index (κ1) is 7.31. The fourth-order valence-electron chi connectivity index (χ4n) is 0.788. The Morgan fingerprint density at radius 2 is 1.91 bits per heavy atom. The van der Waals surface area contributed by atoms with E-state index in [1.54, 1.807) is 18.2 Å². The van der Waals surface area contributed by atoms with Gasteiger partial charge in [0, 0.05) is 0 Å². The maximum atomic E-state index is 6.78. The lowest BCUT2D eigenvalue weighted by atomic mass is 10.2. The van der Waals surface area contributed by atoms with Gasteiger partial charge in [-0.3, -0.25) is 0 Å². The summed E-state index contributed by atoms with van der Waals surface area (Å²) in [6, 6.07) is 5.12. The Morgan fingerprint density at radius 3 is 2.45 bits per heavy atom. The molecule has 0 aromatic heterocycles. The van der Waals surface area contributed by atoms with Gasteiger partial charge < -0.3 is 0 Å². The van der Waals surface area contributed by atoms with Crippen molar-refractivity contribution >= 4 is 11.4 Å². The second-order valence-electron chi connectivity index (χ2n) is 2.19. The Balaban J connectivity index is 3.29. The van der Waals surface area contributed by atoms with Crippen molar-refractivity contribution < 1.29 is 0 Å². The van der Waals surface area contributed by atoms with E-state index < -0.39 is 0 Å². The maximum absolute atomic E-state index is 6.78. The zero-order valence-corrected chi connectivity index (χ0v) is 6.13. The number of aryl methyl sites for hydroxylation is 1. The van der Waals surface area contributed by atoms with Gasteiger partial charge in [0.15, 0.2) is 11.4 Å². The summed E-state index contributed by atoms with van der Waals surface area (Å²) in [5, 5.41) is 0. The molecule has 1 aromatic rings. The average Bonchev–Trinajstić information content (AvgIpc) is 2.05. The van der Waals surface area contributed by atoms with Crippen molar-refractivity contribution in [1.29, 1.82) is 0 Å². The third-order valence-electron chi connectivity index (χ3n) is 1.44. The number of hydrogen-bond acceptors (Lipinski definition) is 0. The second-order valence-corrected chi connectivity index (χ2v) is 2.19. The van der Waals surface area contributed by atoms with Crippen LogP contribution < -0.4 is 0 Å². The van der Waals surface area contributed by atoms with Gasteiger partial charge >= 0.3 is 0 Å². The number of rotatable bonds is 0. The van der Waals surface area contributed by atoms with Crippen LogP contribution in [0.3, 0.4) is 0 Å². The van der Waals surface area contributed by atoms with Crippen LogP contribution in [-0.2, 0) is 0 Å². The zero-order chi connectivity index (χ0) is 8.27. The highest BCUT2D eigenvalue weighted by molar-refractivity contribution is 5.62. The summed E-state index contributed by atoms with van der Waals surface area (Å²) in [4.78, 5) is 6.51. The van der Waals surface area contributed by atoms with Gasteiger partial charge in [-0.1, -0.05) is 18.2 Å². The van der Waals surface area contributed by atoms with Crippen molar-refractivity contribution in [2.24, 2.45) is 0 Å². The van der Waals surface area contributed by atoms with E-state index in [0.717, 1.165) is 5.56 Å². The van der Waals surface area contributed by atoms with Crippen LogP contribution in [0.25, 0.3) is 9.69 Å². The lowest BCUT2D eigenvalue weighted by Gasteiger charge is -1.95. The quantitative estimate of drug-likeness (QED) is 0.492. The Labute approximate surface area is 65.7 Å². The fraction of sp³-hybridized carbons (Fsp3) is 0.111. The van der Waals surface area contributed by atoms with Gasteiger partial charge in [0.25, 0.3) is 0 Å². The predicted octanol–water partition coefficient (Wildman–Crippen LogP) is 3.10. The summed E-state index contributed by atoms with van der Waals surface area (Å²) < 4.78 is 0. The summed E-state index contributed by atoms with van der Waals surface area (Å²) in [5.74, 6) is 0. The molecule has 0 saturated carbocycles. The van der Waals surface area contributed by atoms with E-state index in [-0.39, 0.29) is 0 Å². The van der Waals surface area contributed by atoms with Gasteiger partial charge in [-0.2, -0.15) is 0 Å². The van der Waals surface area contributed by atoms with Crippen molar-refractivity contribution in [2.75, 3.05) is 0 Å². The molecule has 0 N–H and O–H groups in total. The van der Waals surface area contributed by atoms with Gasteiger partial charge in [0.2, 0.25) is 0 Å². The highest BCUT2D eigenvalue weighted by atomic mass is 14.7. The lowest BCUT2D eigenvalue weighted by Crippen LogP contribution is -1.69. The van der Waals surface area contributed by atoms with Gasteiger partial charge in [-0.25, -0.2) is 9.69 Å². The largest absolute Gasteiger partial charge is 0.240 e. The van der Waals surface area contributed by atoms with E-state index in [1.165, 1.54) is 0 Å². The van der Waals surface area contributed by atoms with E-state index in [2.05, 4.69) is 9.69 Å². The lowest BCUT2D eigenvalue weighted by molar-refractivity contribution is 1.49. The Kier molecular flexibility index (Phi) is 1.90. The van der Waals surface area contributed by atoms with Crippen molar-refractivity contribution in [3.63, 3.8) is 0 Å². The molecule has 0 radical (unpaired) electrons. The smallest absolute Gasteiger partial charge is 0.180 e. The zero-order valence-electron chi connectivity index (χ0n) is 6.13. The fourth-order valence-corrected chi connectivity index (χ4v) is 0.788. The van der Waals surface area contributed by atoms with Crippen LogP contribution >= 0.6 is 0 Å². The molecule has 52 valence electrons. The minimum atomic E-state index is 0.529. The van der Waals surface area contributed by atoms with Crippen LogP contribution in [-0.4, -0.2) is 0 Å². The molecule has 0 atom stereocenters. The molecule has 0 spiro atoms. The van der Waals surface area contributed by atoms with Crippen molar-refractivity contribution in [3.8, 4) is 0 Å². The maximum Gasteiger partial charge on any atom is 0.180 e. The summed E-state index contributed by atoms with van der Waals surface area (Å²) in [6.45, 7) is 15.3. The molecule has 0 heterocycles. The number of nitrogens with zero attached hydrogens (tertiary/aromatic N) is 2. The Bertz CT molecular complexity index is 353. The molecule has 0 aliphatic heterocycles. The standard InChI is InChI=1S/C9H6N2/c1-7-4-5-8(10-2)6-9(7)11-3/h4-6H,1H3. The SMILES string of the molecule is [C-]#[N+]c1ccc(C)c([N+]#[C-])c1. The van der Waals surface area contributed by atoms with Crippen LogP contribution in [0.4, 0.5) is 11.4 Å². The summed E-state index contributed by atoms with van der Waals surface area (Å²) >= 11 is 0. The molecule has 0 amide bonds. The molecule has 2 nitrogen and oxygen atoms in total. The normalized spacial score (nSPS) is 8.27. The Hall–Kier alpha value is -1.80. The second kappa shape index (κ2) is 2.86. The third kappa shape index (κ3) is 1.36. The molecule has 0 aliphatic rings. The third-order valence-corrected chi connectivity index (χ3v) is 1.44. The molecule has 11 heavy (non-hydrogen) atoms. The van der Waals surface area contributed by atoms with Crippen molar-refractivity contribution in [3.05, 3.63) is 46.6 Å². The number of hydrogen-bond donors (Lipinski definition) is 0. The molecule has 2 heteroatoms. The van der Waals surface area contributed by atoms with E-state index in [9.17, 15) is 0 Å². The molecular formula is C9H6N2. The highest BCUT2D eigenvalue weighted by Crippen LogP contribution is 2.24. The minimum absolute atomic E-state index is 0.529. The molecular weight excluding hydrogens is 136 g/mol. The van der Waals surface area contributed by atoms with Gasteiger partial charge in [-0.15, -0.1) is 0 Å². The summed E-state index contributed by atoms with van der Waals surface area (Å²) in [6.07, 6.45) is 0. The molecule has 0 bridgehead atoms. The topological polar surface area (TPSA) is 8.72 Å². The van der Waals surface area contributed by atoms with Gasteiger partial charge in [0.05, 0.1) is 13.1 Å². The van der Waals surface area contributed by atoms with Gasteiger partial charge in [-0.05, 0) is 12.5 Å². The number of benzene rings is 1. The van der Waals surface area contributed by atoms with Gasteiger partial charge in [0.1, 0.15) is 0 Å². The van der Waals surface area contributed by atoms with Crippen LogP contribution in [0, 0.1) is 20.1 Å². The van der Waals surface area contributed by atoms with Crippen LogP contribution in [0.1, 0.15) is 5.56 Å². The summed E-state index contributed by atoms with van der Waals surface area (Å²) in [7, 11) is 0. The van der Waals surface area contributed by atoms with Crippen molar-refractivity contribution in [2.45, 2.75) is 6.92 Å². The molecule has 1 aromatic carbocycles. The van der Waals surface area contributed by atoms with E-state index in [0.29, 0.717) is 11.4 Å². The first-order chi connectivity index (χ1) is 5.27. The van der Waals surface area contributed by atoms with Crippen LogP contribution in [0.15, 0.2) is 18.2 Å². The highest BCUT2D eigenvalue weighted by Gasteiger charge is 1.97. The molecule has 1 rings (SSSR count). The Morgan fingerprint density at radius 1 is 1.18 bits per heavy atom. The predicted molar refractivity (Wildman–Crippen MR) is 43.7 cm³/mol. The molecule has 0 unspecified atom stereocenters. The first-order valence-electron chi connectivity index (χ1n) is 3.13. The summed E-state index contributed by atoms with van der Waals surface area (Å²) in [5.41, 5.74) is 2.02. The average molecular weight is 142 g/mol. The molecule has 0 fully saturated rings. The van der Waals surface area contributed by atoms with Crippen molar-refractivity contribution in [1.82, 2.24) is 0 Å². The van der Waals surface area contributed by atoms with Crippen LogP contribution in [0.5, 0.6) is 0 Å². The van der Waals surface area contributed by atoms with E-state index >= 15 is 0 Å². The van der Waals surface area contributed by atoms with E-state index in [4.69, 9.17) is 13.1 Å². The first-order valence-corrected chi connectivity index (χ1v) is 3.13. The molecule has 0 aliphatic carbocycles. The van der Waals surface area contributed by atoms with E-state index in [1.807, 2.05) is 6.92 Å². The molecule has 0 saturated heterocycles. The minimum Gasteiger partial charge on any atom is -0.240 e. The van der Waals surface area contributed by atoms with Crippen LogP contribution in [0.2, 0.25) is 0 Å².